The molecule has 0 saturated heterocycles. The molecule has 2 rings (SSSR count). The van der Waals surface area contributed by atoms with E-state index in [1.165, 1.54) is 12.8 Å². The summed E-state index contributed by atoms with van der Waals surface area (Å²) in [5.74, 6) is 0.783. The minimum atomic E-state index is -0.476. The van der Waals surface area contributed by atoms with Crippen molar-refractivity contribution in [2.24, 2.45) is 11.7 Å². The zero-order valence-corrected chi connectivity index (χ0v) is 12.4. The fourth-order valence-electron chi connectivity index (χ4n) is 2.15. The lowest BCUT2D eigenvalue weighted by molar-refractivity contribution is -0.133. The van der Waals surface area contributed by atoms with Crippen molar-refractivity contribution in [2.75, 3.05) is 19.7 Å². The largest absolute Gasteiger partial charge is 0.484 e. The Bertz CT molecular complexity index is 495. The van der Waals surface area contributed by atoms with Gasteiger partial charge in [-0.2, -0.15) is 0 Å². The van der Waals surface area contributed by atoms with Gasteiger partial charge in [0.05, 0.1) is 0 Å². The van der Waals surface area contributed by atoms with Crippen LogP contribution in [-0.2, 0) is 4.79 Å². The van der Waals surface area contributed by atoms with Crippen LogP contribution in [0.4, 0.5) is 0 Å². The molecule has 0 heterocycles. The van der Waals surface area contributed by atoms with Gasteiger partial charge < -0.3 is 15.4 Å². The number of hydrogen-bond acceptors (Lipinski definition) is 3. The number of ether oxygens (including phenoxy) is 1. The Balaban J connectivity index is 1.84. The Morgan fingerprint density at radius 1 is 1.29 bits per heavy atom. The maximum atomic E-state index is 12.2. The van der Waals surface area contributed by atoms with E-state index < -0.39 is 5.91 Å². The number of carbonyl (C=O) groups is 2. The molecule has 0 bridgehead atoms. The maximum absolute atomic E-state index is 12.2. The second-order valence-electron chi connectivity index (χ2n) is 5.46. The highest BCUT2D eigenvalue weighted by molar-refractivity contribution is 5.92. The van der Waals surface area contributed by atoms with E-state index in [4.69, 9.17) is 10.5 Å². The lowest BCUT2D eigenvalue weighted by Crippen LogP contribution is -2.37. The summed E-state index contributed by atoms with van der Waals surface area (Å²) in [4.78, 5) is 25.0. The minimum Gasteiger partial charge on any atom is -0.484 e. The number of benzene rings is 1. The molecule has 2 N–H and O–H groups in total. The van der Waals surface area contributed by atoms with Crippen molar-refractivity contribution >= 4 is 11.8 Å². The van der Waals surface area contributed by atoms with Crippen LogP contribution >= 0.6 is 0 Å². The van der Waals surface area contributed by atoms with Crippen LogP contribution in [0.3, 0.4) is 0 Å². The smallest absolute Gasteiger partial charge is 0.260 e. The highest BCUT2D eigenvalue weighted by atomic mass is 16.5. The molecule has 1 aliphatic rings. The topological polar surface area (TPSA) is 72.6 Å². The molecule has 0 spiro atoms. The van der Waals surface area contributed by atoms with Gasteiger partial charge in [0.1, 0.15) is 5.75 Å². The summed E-state index contributed by atoms with van der Waals surface area (Å²) < 4.78 is 5.49. The summed E-state index contributed by atoms with van der Waals surface area (Å²) in [5, 5.41) is 0. The summed E-state index contributed by atoms with van der Waals surface area (Å²) in [6.45, 7) is 3.72. The Labute approximate surface area is 125 Å². The number of rotatable bonds is 8. The number of nitrogens with zero attached hydrogens (tertiary/aromatic N) is 1. The van der Waals surface area contributed by atoms with Gasteiger partial charge in [-0.1, -0.05) is 6.92 Å². The average Bonchev–Trinajstić information content (AvgIpc) is 3.28. The number of primary amides is 1. The monoisotopic (exact) mass is 290 g/mol. The van der Waals surface area contributed by atoms with Crippen molar-refractivity contribution in [1.82, 2.24) is 4.90 Å². The molecule has 21 heavy (non-hydrogen) atoms. The highest BCUT2D eigenvalue weighted by Crippen LogP contribution is 2.29. The first-order chi connectivity index (χ1) is 10.1. The molecule has 5 nitrogen and oxygen atoms in total. The number of nitrogens with two attached hydrogens (primary N) is 1. The van der Waals surface area contributed by atoms with Crippen LogP contribution < -0.4 is 10.5 Å². The van der Waals surface area contributed by atoms with Crippen molar-refractivity contribution in [3.05, 3.63) is 29.8 Å². The lowest BCUT2D eigenvalue weighted by atomic mass is 10.2. The van der Waals surface area contributed by atoms with Gasteiger partial charge in [0.15, 0.2) is 6.61 Å². The van der Waals surface area contributed by atoms with E-state index in [1.807, 2.05) is 4.90 Å². The summed E-state index contributed by atoms with van der Waals surface area (Å²) >= 11 is 0. The first-order valence-electron chi connectivity index (χ1n) is 7.40. The van der Waals surface area contributed by atoms with Crippen LogP contribution in [-0.4, -0.2) is 36.4 Å². The van der Waals surface area contributed by atoms with Gasteiger partial charge in [-0.15, -0.1) is 0 Å². The van der Waals surface area contributed by atoms with Crippen molar-refractivity contribution in [3.63, 3.8) is 0 Å². The predicted molar refractivity (Wildman–Crippen MR) is 80.0 cm³/mol. The zero-order valence-electron chi connectivity index (χ0n) is 12.4. The van der Waals surface area contributed by atoms with Gasteiger partial charge in [-0.3, -0.25) is 9.59 Å². The normalized spacial score (nSPS) is 13.8. The van der Waals surface area contributed by atoms with Crippen molar-refractivity contribution in [3.8, 4) is 5.75 Å². The fourth-order valence-corrected chi connectivity index (χ4v) is 2.15. The third kappa shape index (κ3) is 4.77. The molecule has 2 amide bonds. The number of carbonyl (C=O) groups excluding carboxylic acids is 2. The van der Waals surface area contributed by atoms with Crippen LogP contribution in [0.2, 0.25) is 0 Å². The van der Waals surface area contributed by atoms with Crippen LogP contribution in [0.15, 0.2) is 24.3 Å². The van der Waals surface area contributed by atoms with E-state index in [9.17, 15) is 9.59 Å². The van der Waals surface area contributed by atoms with Crippen molar-refractivity contribution in [1.29, 1.82) is 0 Å². The highest BCUT2D eigenvalue weighted by Gasteiger charge is 2.26. The molecule has 1 saturated carbocycles. The van der Waals surface area contributed by atoms with E-state index in [-0.39, 0.29) is 12.5 Å². The number of hydrogen-bond donors (Lipinski definition) is 1. The SMILES string of the molecule is CCCN(CC1CC1)C(=O)COc1ccc(C(N)=O)cc1. The van der Waals surface area contributed by atoms with Crippen molar-refractivity contribution in [2.45, 2.75) is 26.2 Å². The maximum Gasteiger partial charge on any atom is 0.260 e. The standard InChI is InChI=1S/C16H22N2O3/c1-2-9-18(10-12-3-4-12)15(19)11-21-14-7-5-13(6-8-14)16(17)20/h5-8,12H,2-4,9-11H2,1H3,(H2,17,20). The quantitative estimate of drug-likeness (QED) is 0.793. The molecule has 1 aromatic carbocycles. The van der Waals surface area contributed by atoms with Crippen LogP contribution in [0.1, 0.15) is 36.5 Å². The molecule has 0 atom stereocenters. The molecule has 0 unspecified atom stereocenters. The second-order valence-corrected chi connectivity index (χ2v) is 5.46. The van der Waals surface area contributed by atoms with Crippen LogP contribution in [0.25, 0.3) is 0 Å². The molecule has 0 aromatic heterocycles. The Morgan fingerprint density at radius 3 is 2.48 bits per heavy atom. The molecule has 0 radical (unpaired) electrons. The Kier molecular flexibility index (Phi) is 5.20. The van der Waals surface area contributed by atoms with E-state index in [0.29, 0.717) is 17.2 Å². The first kappa shape index (κ1) is 15.4. The van der Waals surface area contributed by atoms with Gasteiger partial charge in [-0.05, 0) is 49.4 Å². The second kappa shape index (κ2) is 7.11. The van der Waals surface area contributed by atoms with E-state index >= 15 is 0 Å². The molecule has 1 fully saturated rings. The van der Waals surface area contributed by atoms with Gasteiger partial charge >= 0.3 is 0 Å². The third-order valence-electron chi connectivity index (χ3n) is 3.52. The van der Waals surface area contributed by atoms with Gasteiger partial charge in [-0.25, -0.2) is 0 Å². The van der Waals surface area contributed by atoms with E-state index in [2.05, 4.69) is 6.92 Å². The molecular weight excluding hydrogens is 268 g/mol. The van der Waals surface area contributed by atoms with Gasteiger partial charge in [0.2, 0.25) is 5.91 Å². The number of amides is 2. The Morgan fingerprint density at radius 2 is 1.95 bits per heavy atom. The minimum absolute atomic E-state index is 0.0164. The van der Waals surface area contributed by atoms with Crippen LogP contribution in [0, 0.1) is 5.92 Å². The summed E-state index contributed by atoms with van der Waals surface area (Å²) in [7, 11) is 0. The van der Waals surface area contributed by atoms with Gasteiger partial charge in [0, 0.05) is 18.7 Å². The lowest BCUT2D eigenvalue weighted by Gasteiger charge is -2.22. The summed E-state index contributed by atoms with van der Waals surface area (Å²) in [6, 6.07) is 6.49. The molecule has 5 heteroatoms. The van der Waals surface area contributed by atoms with E-state index in [1.54, 1.807) is 24.3 Å². The zero-order chi connectivity index (χ0) is 15.2. The summed E-state index contributed by atoms with van der Waals surface area (Å²) in [5.41, 5.74) is 5.60. The average molecular weight is 290 g/mol. The molecular formula is C16H22N2O3. The summed E-state index contributed by atoms with van der Waals surface area (Å²) in [6.07, 6.45) is 3.40. The molecule has 114 valence electrons. The van der Waals surface area contributed by atoms with Gasteiger partial charge in [0.25, 0.3) is 5.91 Å². The predicted octanol–water partition coefficient (Wildman–Crippen LogP) is 1.81. The molecule has 1 aromatic rings. The fraction of sp³-hybridized carbons (Fsp3) is 0.500. The van der Waals surface area contributed by atoms with Crippen LogP contribution in [0.5, 0.6) is 5.75 Å². The first-order valence-corrected chi connectivity index (χ1v) is 7.40. The van der Waals surface area contributed by atoms with E-state index in [0.717, 1.165) is 19.5 Å². The third-order valence-corrected chi connectivity index (χ3v) is 3.52. The molecule has 0 aliphatic heterocycles. The Hall–Kier alpha value is -2.04. The molecule has 1 aliphatic carbocycles. The van der Waals surface area contributed by atoms with Crippen molar-refractivity contribution < 1.29 is 14.3 Å².